The van der Waals surface area contributed by atoms with Gasteiger partial charge in [-0.3, -0.25) is 4.79 Å². The van der Waals surface area contributed by atoms with Gasteiger partial charge >= 0.3 is 6.09 Å². The summed E-state index contributed by atoms with van der Waals surface area (Å²) in [5, 5.41) is 13.8. The van der Waals surface area contributed by atoms with Crippen molar-refractivity contribution >= 4 is 23.0 Å². The molecule has 0 saturated heterocycles. The van der Waals surface area contributed by atoms with Gasteiger partial charge in [-0.2, -0.15) is 0 Å². The lowest BCUT2D eigenvalue weighted by Gasteiger charge is -2.14. The van der Waals surface area contributed by atoms with Crippen molar-refractivity contribution in [1.82, 2.24) is 25.6 Å². The van der Waals surface area contributed by atoms with Crippen LogP contribution in [0.4, 0.5) is 18.0 Å². The molecule has 0 radical (unpaired) electrons. The van der Waals surface area contributed by atoms with E-state index in [0.717, 1.165) is 12.8 Å². The second-order valence-electron chi connectivity index (χ2n) is 9.60. The highest BCUT2D eigenvalue weighted by molar-refractivity contribution is 6.09. The van der Waals surface area contributed by atoms with E-state index >= 15 is 0 Å². The lowest BCUT2D eigenvalue weighted by molar-refractivity contribution is 0.0937. The predicted molar refractivity (Wildman–Crippen MR) is 128 cm³/mol. The summed E-state index contributed by atoms with van der Waals surface area (Å²) in [6.45, 7) is 2.14. The fourth-order valence-electron chi connectivity index (χ4n) is 4.76. The number of fused-ring (bicyclic) bond motifs is 1. The molecule has 2 aromatic heterocycles. The summed E-state index contributed by atoms with van der Waals surface area (Å²) in [4.78, 5) is 35.8. The van der Waals surface area contributed by atoms with E-state index in [4.69, 9.17) is 9.84 Å². The third-order valence-electron chi connectivity index (χ3n) is 6.81. The van der Waals surface area contributed by atoms with Crippen LogP contribution in [0.5, 0.6) is 5.75 Å². The number of aromatic amines is 1. The van der Waals surface area contributed by atoms with Gasteiger partial charge in [0.05, 0.1) is 23.7 Å². The van der Waals surface area contributed by atoms with Gasteiger partial charge in [-0.15, -0.1) is 0 Å². The maximum absolute atomic E-state index is 14.2. The predicted octanol–water partition coefficient (Wildman–Crippen LogP) is 4.53. The topological polar surface area (TPSA) is 129 Å². The Balaban J connectivity index is 1.46. The van der Waals surface area contributed by atoms with E-state index in [9.17, 15) is 22.8 Å². The van der Waals surface area contributed by atoms with Crippen LogP contribution in [0, 0.1) is 12.8 Å². The molecule has 2 aliphatic carbocycles. The molecule has 5 rings (SSSR count). The Morgan fingerprint density at radius 1 is 1.22 bits per heavy atom. The summed E-state index contributed by atoms with van der Waals surface area (Å²) in [7, 11) is 0. The lowest BCUT2D eigenvalue weighted by atomic mass is 10.0. The van der Waals surface area contributed by atoms with Gasteiger partial charge in [0.15, 0.2) is 0 Å². The SMILES string of the molecule is Cc1[nH]c2c(-c3cc(C(F)F)ccc3OCC3CC3)ncnc2c1C(=O)NC1CC(F)C(NC(=O)O)C1. The molecule has 0 bridgehead atoms. The largest absolute Gasteiger partial charge is 0.493 e. The number of rotatable bonds is 8. The molecule has 0 spiro atoms. The Labute approximate surface area is 209 Å². The quantitative estimate of drug-likeness (QED) is 0.348. The van der Waals surface area contributed by atoms with E-state index in [2.05, 4.69) is 25.6 Å². The molecule has 2 fully saturated rings. The van der Waals surface area contributed by atoms with Crippen LogP contribution in [0.3, 0.4) is 0 Å². The fourth-order valence-corrected chi connectivity index (χ4v) is 4.76. The number of aryl methyl sites for hydroxylation is 1. The highest BCUT2D eigenvalue weighted by Crippen LogP contribution is 2.38. The van der Waals surface area contributed by atoms with Crippen LogP contribution >= 0.6 is 0 Å². The molecule has 2 amide bonds. The number of carboxylic acid groups (broad SMARTS) is 1. The number of carbonyl (C=O) groups is 2. The first-order valence-corrected chi connectivity index (χ1v) is 12.0. The summed E-state index contributed by atoms with van der Waals surface area (Å²) in [6.07, 6.45) is -1.97. The number of halogens is 3. The van der Waals surface area contributed by atoms with Crippen LogP contribution in [0.15, 0.2) is 24.5 Å². The third kappa shape index (κ3) is 5.18. The monoisotopic (exact) mass is 517 g/mol. The Morgan fingerprint density at radius 3 is 2.70 bits per heavy atom. The summed E-state index contributed by atoms with van der Waals surface area (Å²) < 4.78 is 47.2. The molecule has 1 aromatic carbocycles. The van der Waals surface area contributed by atoms with Crippen LogP contribution < -0.4 is 15.4 Å². The van der Waals surface area contributed by atoms with E-state index in [0.29, 0.717) is 40.7 Å². The van der Waals surface area contributed by atoms with E-state index < -0.39 is 36.7 Å². The van der Waals surface area contributed by atoms with Crippen LogP contribution in [0.2, 0.25) is 0 Å². The van der Waals surface area contributed by atoms with Gasteiger partial charge in [0.1, 0.15) is 29.5 Å². The molecule has 3 unspecified atom stereocenters. The second-order valence-corrected chi connectivity index (χ2v) is 9.60. The Kier molecular flexibility index (Phi) is 6.65. The van der Waals surface area contributed by atoms with E-state index in [1.165, 1.54) is 24.5 Å². The molecule has 2 heterocycles. The van der Waals surface area contributed by atoms with Crippen molar-refractivity contribution in [3.8, 4) is 17.0 Å². The van der Waals surface area contributed by atoms with Gasteiger partial charge in [0.25, 0.3) is 12.3 Å². The number of H-pyrrole nitrogens is 1. The van der Waals surface area contributed by atoms with Crippen molar-refractivity contribution in [1.29, 1.82) is 0 Å². The molecule has 196 valence electrons. The molecule has 3 atom stereocenters. The maximum Gasteiger partial charge on any atom is 0.404 e. The minimum atomic E-state index is -2.69. The van der Waals surface area contributed by atoms with Crippen molar-refractivity contribution in [3.63, 3.8) is 0 Å². The number of hydrogen-bond acceptors (Lipinski definition) is 5. The molecular formula is C25H26F3N5O4. The number of alkyl halides is 3. The number of nitrogens with one attached hydrogen (secondary N) is 3. The maximum atomic E-state index is 14.2. The number of ether oxygens (including phenoxy) is 1. The van der Waals surface area contributed by atoms with Crippen LogP contribution in [0.25, 0.3) is 22.3 Å². The molecule has 0 aliphatic heterocycles. The minimum Gasteiger partial charge on any atom is -0.493 e. The molecule has 37 heavy (non-hydrogen) atoms. The lowest BCUT2D eigenvalue weighted by Crippen LogP contribution is -2.38. The fraction of sp³-hybridized carbons (Fsp3) is 0.440. The zero-order chi connectivity index (χ0) is 26.3. The Hall–Kier alpha value is -3.83. The minimum absolute atomic E-state index is 0.0273. The number of benzene rings is 1. The van der Waals surface area contributed by atoms with E-state index in [1.807, 2.05) is 0 Å². The van der Waals surface area contributed by atoms with Gasteiger partial charge in [-0.05, 0) is 50.3 Å². The van der Waals surface area contributed by atoms with E-state index in [-0.39, 0.29) is 29.5 Å². The highest BCUT2D eigenvalue weighted by atomic mass is 19.3. The summed E-state index contributed by atoms with van der Waals surface area (Å²) in [5.41, 5.74) is 1.84. The van der Waals surface area contributed by atoms with Crippen molar-refractivity contribution < 1.29 is 32.6 Å². The van der Waals surface area contributed by atoms with E-state index in [1.54, 1.807) is 6.92 Å². The number of hydrogen-bond donors (Lipinski definition) is 4. The first-order chi connectivity index (χ1) is 17.7. The third-order valence-corrected chi connectivity index (χ3v) is 6.81. The van der Waals surface area contributed by atoms with Crippen LogP contribution in [0.1, 0.15) is 53.7 Å². The molecule has 12 heteroatoms. The number of aromatic nitrogens is 3. The zero-order valence-corrected chi connectivity index (χ0v) is 19.9. The standard InChI is InChI=1S/C25H26F3N5O4/c1-11-19(24(34)32-14-7-16(26)17(8-14)33-25(35)36)21-22(31-11)20(29-10-30-21)15-6-13(23(27)28)4-5-18(15)37-9-12-2-3-12/h4-6,10,12,14,16-17,23,31,33H,2-3,7-9H2,1H3,(H,32,34)(H,35,36). The molecule has 3 aromatic rings. The first-order valence-electron chi connectivity index (χ1n) is 12.0. The van der Waals surface area contributed by atoms with Gasteiger partial charge in [-0.1, -0.05) is 0 Å². The van der Waals surface area contributed by atoms with Gasteiger partial charge < -0.3 is 25.5 Å². The van der Waals surface area contributed by atoms with Gasteiger partial charge in [-0.25, -0.2) is 27.9 Å². The van der Waals surface area contributed by atoms with Crippen molar-refractivity contribution in [2.45, 2.75) is 57.3 Å². The van der Waals surface area contributed by atoms with Gasteiger partial charge in [0, 0.05) is 29.3 Å². The first kappa shape index (κ1) is 24.8. The average Bonchev–Trinajstić information content (AvgIpc) is 3.52. The molecular weight excluding hydrogens is 491 g/mol. The van der Waals surface area contributed by atoms with Crippen molar-refractivity contribution in [2.75, 3.05) is 6.61 Å². The second kappa shape index (κ2) is 9.91. The molecule has 9 nitrogen and oxygen atoms in total. The molecule has 4 N–H and O–H groups in total. The van der Waals surface area contributed by atoms with Crippen LogP contribution in [-0.4, -0.2) is 56.9 Å². The van der Waals surface area contributed by atoms with Gasteiger partial charge in [0.2, 0.25) is 0 Å². The summed E-state index contributed by atoms with van der Waals surface area (Å²) >= 11 is 0. The molecule has 2 aliphatic rings. The normalized spacial score (nSPS) is 21.4. The smallest absolute Gasteiger partial charge is 0.404 e. The number of nitrogens with zero attached hydrogens (tertiary/aromatic N) is 2. The van der Waals surface area contributed by atoms with Crippen molar-refractivity contribution in [2.24, 2.45) is 5.92 Å². The summed E-state index contributed by atoms with van der Waals surface area (Å²) in [5.74, 6) is 0.348. The Bertz CT molecular complexity index is 1340. The van der Waals surface area contributed by atoms with Crippen molar-refractivity contribution in [3.05, 3.63) is 41.3 Å². The van der Waals surface area contributed by atoms with Crippen LogP contribution in [-0.2, 0) is 0 Å². The highest BCUT2D eigenvalue weighted by Gasteiger charge is 2.37. The average molecular weight is 518 g/mol. The number of amides is 2. The molecule has 2 saturated carbocycles. The summed E-state index contributed by atoms with van der Waals surface area (Å²) in [6, 6.07) is 2.68. The number of carbonyl (C=O) groups excluding carboxylic acids is 1. The zero-order valence-electron chi connectivity index (χ0n) is 19.9. The Morgan fingerprint density at radius 2 is 2.00 bits per heavy atom.